The van der Waals surface area contributed by atoms with Crippen LogP contribution < -0.4 is 5.73 Å². The Labute approximate surface area is 102 Å². The second kappa shape index (κ2) is 5.43. The average Bonchev–Trinajstić information content (AvgIpc) is 3.16. The minimum atomic E-state index is -0.367. The number of methoxy groups -OCH3 is 1. The van der Waals surface area contributed by atoms with Crippen LogP contribution in [-0.2, 0) is 9.53 Å². The van der Waals surface area contributed by atoms with Crippen LogP contribution in [0, 0.1) is 5.92 Å². The number of Topliss-reactive ketones (excluding diaryl/α,β-unsaturated/α-hetero) is 1. The Hall–Kier alpha value is -1.19. The molecular formula is C14H19NO2. The third-order valence-electron chi connectivity index (χ3n) is 3.38. The second-order valence-corrected chi connectivity index (χ2v) is 4.65. The molecule has 3 heteroatoms. The highest BCUT2D eigenvalue weighted by Crippen LogP contribution is 2.48. The number of benzene rings is 1. The first-order chi connectivity index (χ1) is 8.24. The van der Waals surface area contributed by atoms with E-state index >= 15 is 0 Å². The van der Waals surface area contributed by atoms with Crippen LogP contribution in [0.25, 0.3) is 0 Å². The molecule has 0 bridgehead atoms. The van der Waals surface area contributed by atoms with Crippen molar-refractivity contribution in [3.05, 3.63) is 35.9 Å². The molecule has 1 aliphatic carbocycles. The maximum Gasteiger partial charge on any atom is 0.153 e. The standard InChI is InChI=1S/C14H19NO2/c1-17-8-7-13(15)14(16)12-9-11(12)10-5-3-2-4-6-10/h2-6,11-13H,7-9,15H2,1H3. The molecule has 1 saturated carbocycles. The molecule has 0 saturated heterocycles. The number of rotatable bonds is 6. The Morgan fingerprint density at radius 1 is 1.47 bits per heavy atom. The Bertz CT molecular complexity index is 377. The number of ketones is 1. The smallest absolute Gasteiger partial charge is 0.153 e. The summed E-state index contributed by atoms with van der Waals surface area (Å²) in [5.74, 6) is 0.706. The molecule has 0 aliphatic heterocycles. The van der Waals surface area contributed by atoms with Crippen LogP contribution in [0.3, 0.4) is 0 Å². The maximum absolute atomic E-state index is 12.0. The normalized spacial score (nSPS) is 24.4. The van der Waals surface area contributed by atoms with Gasteiger partial charge in [-0.25, -0.2) is 0 Å². The van der Waals surface area contributed by atoms with Gasteiger partial charge >= 0.3 is 0 Å². The van der Waals surface area contributed by atoms with Crippen molar-refractivity contribution in [1.82, 2.24) is 0 Å². The van der Waals surface area contributed by atoms with Crippen molar-refractivity contribution in [3.8, 4) is 0 Å². The van der Waals surface area contributed by atoms with E-state index in [-0.39, 0.29) is 17.7 Å². The molecular weight excluding hydrogens is 214 g/mol. The lowest BCUT2D eigenvalue weighted by atomic mass is 10.0. The molecule has 1 aromatic rings. The molecule has 3 atom stereocenters. The summed E-state index contributed by atoms with van der Waals surface area (Å²) in [5.41, 5.74) is 7.11. The van der Waals surface area contributed by atoms with Gasteiger partial charge in [0.1, 0.15) is 0 Å². The van der Waals surface area contributed by atoms with Gasteiger partial charge in [-0.3, -0.25) is 4.79 Å². The maximum atomic E-state index is 12.0. The zero-order valence-electron chi connectivity index (χ0n) is 10.1. The Balaban J connectivity index is 1.88. The number of carbonyl (C=O) groups excluding carboxylic acids is 1. The molecule has 3 unspecified atom stereocenters. The van der Waals surface area contributed by atoms with E-state index in [4.69, 9.17) is 10.5 Å². The molecule has 17 heavy (non-hydrogen) atoms. The first-order valence-corrected chi connectivity index (χ1v) is 6.07. The number of nitrogens with two attached hydrogens (primary N) is 1. The fourth-order valence-electron chi connectivity index (χ4n) is 2.24. The molecule has 0 amide bonds. The SMILES string of the molecule is COCCC(N)C(=O)C1CC1c1ccccc1. The Morgan fingerprint density at radius 3 is 2.82 bits per heavy atom. The molecule has 0 spiro atoms. The van der Waals surface area contributed by atoms with E-state index in [9.17, 15) is 4.79 Å². The van der Waals surface area contributed by atoms with E-state index in [1.54, 1.807) is 7.11 Å². The number of hydrogen-bond acceptors (Lipinski definition) is 3. The Morgan fingerprint density at radius 2 is 2.18 bits per heavy atom. The van der Waals surface area contributed by atoms with Gasteiger partial charge in [0.2, 0.25) is 0 Å². The summed E-state index contributed by atoms with van der Waals surface area (Å²) in [7, 11) is 1.63. The molecule has 1 fully saturated rings. The topological polar surface area (TPSA) is 52.3 Å². The summed E-state index contributed by atoms with van der Waals surface area (Å²) in [6.07, 6.45) is 1.57. The van der Waals surface area contributed by atoms with E-state index < -0.39 is 0 Å². The van der Waals surface area contributed by atoms with Crippen LogP contribution in [0.4, 0.5) is 0 Å². The third kappa shape index (κ3) is 2.93. The number of ether oxygens (including phenoxy) is 1. The lowest BCUT2D eigenvalue weighted by molar-refractivity contribution is -0.122. The summed E-state index contributed by atoms with van der Waals surface area (Å²) in [6, 6.07) is 9.82. The first-order valence-electron chi connectivity index (χ1n) is 6.07. The molecule has 2 N–H and O–H groups in total. The molecule has 0 aromatic heterocycles. The van der Waals surface area contributed by atoms with Crippen molar-refractivity contribution in [1.29, 1.82) is 0 Å². The van der Waals surface area contributed by atoms with Crippen LogP contribution in [-0.4, -0.2) is 25.5 Å². The zero-order valence-corrected chi connectivity index (χ0v) is 10.1. The van der Waals surface area contributed by atoms with E-state index in [1.807, 2.05) is 18.2 Å². The highest BCUT2D eigenvalue weighted by molar-refractivity contribution is 5.89. The summed E-state index contributed by atoms with van der Waals surface area (Å²) in [5, 5.41) is 0. The van der Waals surface area contributed by atoms with Crippen molar-refractivity contribution in [2.45, 2.75) is 24.8 Å². The first kappa shape index (κ1) is 12.3. The summed E-state index contributed by atoms with van der Waals surface area (Å²) < 4.78 is 4.94. The minimum Gasteiger partial charge on any atom is -0.385 e. The van der Waals surface area contributed by atoms with Gasteiger partial charge in [-0.05, 0) is 24.3 Å². The summed E-state index contributed by atoms with van der Waals surface area (Å²) in [6.45, 7) is 0.551. The molecule has 3 nitrogen and oxygen atoms in total. The van der Waals surface area contributed by atoms with Crippen molar-refractivity contribution in [2.75, 3.05) is 13.7 Å². The van der Waals surface area contributed by atoms with Gasteiger partial charge in [0.05, 0.1) is 6.04 Å². The molecule has 1 aliphatic rings. The third-order valence-corrected chi connectivity index (χ3v) is 3.38. The number of hydrogen-bond donors (Lipinski definition) is 1. The van der Waals surface area contributed by atoms with Gasteiger partial charge in [-0.1, -0.05) is 30.3 Å². The van der Waals surface area contributed by atoms with Crippen LogP contribution in [0.2, 0.25) is 0 Å². The second-order valence-electron chi connectivity index (χ2n) is 4.65. The van der Waals surface area contributed by atoms with Gasteiger partial charge in [0.25, 0.3) is 0 Å². The fraction of sp³-hybridized carbons (Fsp3) is 0.500. The molecule has 2 rings (SSSR count). The van der Waals surface area contributed by atoms with E-state index in [1.165, 1.54) is 5.56 Å². The van der Waals surface area contributed by atoms with Gasteiger partial charge < -0.3 is 10.5 Å². The van der Waals surface area contributed by atoms with Crippen molar-refractivity contribution >= 4 is 5.78 Å². The highest BCUT2D eigenvalue weighted by atomic mass is 16.5. The predicted molar refractivity (Wildman–Crippen MR) is 66.8 cm³/mol. The summed E-state index contributed by atoms with van der Waals surface area (Å²) in [4.78, 5) is 12.0. The molecule has 0 heterocycles. The van der Waals surface area contributed by atoms with Crippen LogP contribution in [0.15, 0.2) is 30.3 Å². The van der Waals surface area contributed by atoms with Gasteiger partial charge in [-0.15, -0.1) is 0 Å². The zero-order chi connectivity index (χ0) is 12.3. The monoisotopic (exact) mass is 233 g/mol. The predicted octanol–water partition coefficient (Wildman–Crippen LogP) is 1.72. The Kier molecular flexibility index (Phi) is 3.92. The van der Waals surface area contributed by atoms with Gasteiger partial charge in [0.15, 0.2) is 5.78 Å². The molecule has 1 aromatic carbocycles. The van der Waals surface area contributed by atoms with E-state index in [0.29, 0.717) is 18.9 Å². The van der Waals surface area contributed by atoms with E-state index in [2.05, 4.69) is 12.1 Å². The largest absolute Gasteiger partial charge is 0.385 e. The van der Waals surface area contributed by atoms with Gasteiger partial charge in [-0.2, -0.15) is 0 Å². The van der Waals surface area contributed by atoms with Crippen molar-refractivity contribution < 1.29 is 9.53 Å². The minimum absolute atomic E-state index is 0.129. The van der Waals surface area contributed by atoms with Gasteiger partial charge in [0, 0.05) is 19.6 Å². The van der Waals surface area contributed by atoms with Crippen molar-refractivity contribution in [3.63, 3.8) is 0 Å². The van der Waals surface area contributed by atoms with Crippen LogP contribution in [0.5, 0.6) is 0 Å². The van der Waals surface area contributed by atoms with Crippen LogP contribution in [0.1, 0.15) is 24.3 Å². The number of carbonyl (C=O) groups is 1. The van der Waals surface area contributed by atoms with Crippen molar-refractivity contribution in [2.24, 2.45) is 11.7 Å². The fourth-order valence-corrected chi connectivity index (χ4v) is 2.24. The highest BCUT2D eigenvalue weighted by Gasteiger charge is 2.44. The lowest BCUT2D eigenvalue weighted by Gasteiger charge is -2.09. The lowest BCUT2D eigenvalue weighted by Crippen LogP contribution is -2.33. The molecule has 92 valence electrons. The average molecular weight is 233 g/mol. The van der Waals surface area contributed by atoms with Crippen LogP contribution >= 0.6 is 0 Å². The van der Waals surface area contributed by atoms with E-state index in [0.717, 1.165) is 6.42 Å². The quantitative estimate of drug-likeness (QED) is 0.814. The summed E-state index contributed by atoms with van der Waals surface area (Å²) >= 11 is 0. The molecule has 0 radical (unpaired) electrons.